The predicted molar refractivity (Wildman–Crippen MR) is 47.4 cm³/mol. The molecule has 0 aliphatic rings. The van der Waals surface area contributed by atoms with Crippen LogP contribution in [0, 0.1) is 0 Å². The first-order valence-corrected chi connectivity index (χ1v) is 4.08. The standard InChI is InChI=1S/C6H7ClN2OS/c7-5-3-8-6(10)9(4-5)1-2-11/h3-4,11H,1-2H2. The Morgan fingerprint density at radius 3 is 3.09 bits per heavy atom. The molecule has 0 saturated carbocycles. The normalized spacial score (nSPS) is 10.0. The van der Waals surface area contributed by atoms with Gasteiger partial charge in [0.25, 0.3) is 0 Å². The lowest BCUT2D eigenvalue weighted by Crippen LogP contribution is -2.22. The minimum absolute atomic E-state index is 0.288. The van der Waals surface area contributed by atoms with Gasteiger partial charge in [-0.2, -0.15) is 12.6 Å². The average Bonchev–Trinajstić information content (AvgIpc) is 1.98. The third-order valence-electron chi connectivity index (χ3n) is 1.16. The van der Waals surface area contributed by atoms with Gasteiger partial charge < -0.3 is 0 Å². The van der Waals surface area contributed by atoms with E-state index >= 15 is 0 Å². The zero-order valence-electron chi connectivity index (χ0n) is 5.70. The maximum absolute atomic E-state index is 10.9. The van der Waals surface area contributed by atoms with Gasteiger partial charge in [-0.05, 0) is 0 Å². The van der Waals surface area contributed by atoms with E-state index in [1.165, 1.54) is 10.8 Å². The second-order valence-corrected chi connectivity index (χ2v) is 2.86. The molecule has 60 valence electrons. The summed E-state index contributed by atoms with van der Waals surface area (Å²) in [6.07, 6.45) is 2.88. The van der Waals surface area contributed by atoms with Crippen LogP contribution in [0.25, 0.3) is 0 Å². The first kappa shape index (κ1) is 8.62. The molecule has 0 atom stereocenters. The van der Waals surface area contributed by atoms with E-state index in [2.05, 4.69) is 17.6 Å². The molecule has 1 heterocycles. The Bertz CT molecular complexity index is 299. The third kappa shape index (κ3) is 2.24. The van der Waals surface area contributed by atoms with Gasteiger partial charge in [0.1, 0.15) is 0 Å². The number of nitrogens with zero attached hydrogens (tertiary/aromatic N) is 2. The molecule has 0 bridgehead atoms. The number of aryl methyl sites for hydroxylation is 1. The van der Waals surface area contributed by atoms with E-state index < -0.39 is 0 Å². The highest BCUT2D eigenvalue weighted by Crippen LogP contribution is 2.00. The van der Waals surface area contributed by atoms with Crippen LogP contribution >= 0.6 is 24.2 Å². The summed E-state index contributed by atoms with van der Waals surface area (Å²) in [6, 6.07) is 0. The lowest BCUT2D eigenvalue weighted by atomic mass is 10.6. The second-order valence-electron chi connectivity index (χ2n) is 1.97. The molecular formula is C6H7ClN2OS. The molecule has 0 radical (unpaired) electrons. The lowest BCUT2D eigenvalue weighted by Gasteiger charge is -2.00. The van der Waals surface area contributed by atoms with Crippen LogP contribution in [0.2, 0.25) is 5.02 Å². The minimum Gasteiger partial charge on any atom is -0.297 e. The van der Waals surface area contributed by atoms with E-state index in [9.17, 15) is 4.79 Å². The number of rotatable bonds is 2. The van der Waals surface area contributed by atoms with Crippen LogP contribution in [-0.2, 0) is 6.54 Å². The number of thiol groups is 1. The highest BCUT2D eigenvalue weighted by Gasteiger charge is 1.95. The SMILES string of the molecule is O=c1ncc(Cl)cn1CCS. The highest BCUT2D eigenvalue weighted by atomic mass is 35.5. The zero-order valence-corrected chi connectivity index (χ0v) is 7.35. The van der Waals surface area contributed by atoms with Crippen molar-refractivity contribution in [1.29, 1.82) is 0 Å². The quantitative estimate of drug-likeness (QED) is 0.702. The topological polar surface area (TPSA) is 34.9 Å². The number of hydrogen-bond acceptors (Lipinski definition) is 3. The molecule has 0 aromatic carbocycles. The Balaban J connectivity index is 3.03. The van der Waals surface area contributed by atoms with Crippen molar-refractivity contribution in [3.63, 3.8) is 0 Å². The van der Waals surface area contributed by atoms with Crippen LogP contribution in [0.5, 0.6) is 0 Å². The number of halogens is 1. The summed E-state index contributed by atoms with van der Waals surface area (Å²) in [7, 11) is 0. The van der Waals surface area contributed by atoms with Gasteiger partial charge in [0.15, 0.2) is 0 Å². The molecule has 11 heavy (non-hydrogen) atoms. The first-order chi connectivity index (χ1) is 5.24. The van der Waals surface area contributed by atoms with Crippen molar-refractivity contribution >= 4 is 24.2 Å². The van der Waals surface area contributed by atoms with Crippen LogP contribution in [-0.4, -0.2) is 15.3 Å². The minimum atomic E-state index is -0.288. The maximum Gasteiger partial charge on any atom is 0.347 e. The number of aromatic nitrogens is 2. The van der Waals surface area contributed by atoms with Gasteiger partial charge in [-0.1, -0.05) is 11.6 Å². The first-order valence-electron chi connectivity index (χ1n) is 3.07. The molecule has 0 aliphatic carbocycles. The fourth-order valence-corrected chi connectivity index (χ4v) is 1.08. The van der Waals surface area contributed by atoms with Gasteiger partial charge >= 0.3 is 5.69 Å². The fraction of sp³-hybridized carbons (Fsp3) is 0.333. The van der Waals surface area contributed by atoms with Crippen LogP contribution in [0.4, 0.5) is 0 Å². The van der Waals surface area contributed by atoms with Crippen molar-refractivity contribution in [1.82, 2.24) is 9.55 Å². The Morgan fingerprint density at radius 2 is 2.45 bits per heavy atom. The van der Waals surface area contributed by atoms with Gasteiger partial charge in [0.2, 0.25) is 0 Å². The molecule has 1 aromatic rings. The molecule has 0 amide bonds. The summed E-state index contributed by atoms with van der Waals surface area (Å²) in [4.78, 5) is 14.5. The fourth-order valence-electron chi connectivity index (χ4n) is 0.696. The van der Waals surface area contributed by atoms with E-state index in [0.29, 0.717) is 17.3 Å². The molecule has 0 aliphatic heterocycles. The second kappa shape index (κ2) is 3.78. The molecule has 0 N–H and O–H groups in total. The van der Waals surface area contributed by atoms with E-state index in [4.69, 9.17) is 11.6 Å². The Hall–Kier alpha value is -0.480. The molecular weight excluding hydrogens is 184 g/mol. The Morgan fingerprint density at radius 1 is 1.73 bits per heavy atom. The summed E-state index contributed by atoms with van der Waals surface area (Å²) in [6.45, 7) is 0.537. The molecule has 3 nitrogen and oxygen atoms in total. The molecule has 0 saturated heterocycles. The summed E-state index contributed by atoms with van der Waals surface area (Å²) < 4.78 is 1.43. The van der Waals surface area contributed by atoms with Crippen molar-refractivity contribution in [2.24, 2.45) is 0 Å². The van der Waals surface area contributed by atoms with Gasteiger partial charge in [-0.3, -0.25) is 4.57 Å². The Labute approximate surface area is 74.4 Å². The summed E-state index contributed by atoms with van der Waals surface area (Å²) >= 11 is 9.59. The monoisotopic (exact) mass is 190 g/mol. The van der Waals surface area contributed by atoms with Crippen molar-refractivity contribution in [2.75, 3.05) is 5.75 Å². The Kier molecular flexibility index (Phi) is 2.96. The largest absolute Gasteiger partial charge is 0.347 e. The van der Waals surface area contributed by atoms with E-state index in [-0.39, 0.29) is 5.69 Å². The van der Waals surface area contributed by atoms with Crippen LogP contribution < -0.4 is 5.69 Å². The molecule has 0 spiro atoms. The van der Waals surface area contributed by atoms with Crippen molar-refractivity contribution in [3.8, 4) is 0 Å². The number of hydrogen-bond donors (Lipinski definition) is 1. The van der Waals surface area contributed by atoms with Crippen molar-refractivity contribution in [2.45, 2.75) is 6.54 Å². The summed E-state index contributed by atoms with van der Waals surface area (Å²) in [5.74, 6) is 0.599. The third-order valence-corrected chi connectivity index (χ3v) is 1.56. The zero-order chi connectivity index (χ0) is 8.27. The molecule has 5 heteroatoms. The highest BCUT2D eigenvalue weighted by molar-refractivity contribution is 7.80. The average molecular weight is 191 g/mol. The molecule has 0 fully saturated rings. The summed E-state index contributed by atoms with van der Waals surface area (Å²) in [5, 5.41) is 0.464. The van der Waals surface area contributed by atoms with Gasteiger partial charge in [-0.15, -0.1) is 0 Å². The molecule has 0 unspecified atom stereocenters. The van der Waals surface area contributed by atoms with Crippen molar-refractivity contribution < 1.29 is 0 Å². The van der Waals surface area contributed by atoms with Crippen molar-refractivity contribution in [3.05, 3.63) is 27.9 Å². The van der Waals surface area contributed by atoms with E-state index in [1.54, 1.807) is 6.20 Å². The predicted octanol–water partition coefficient (Wildman–Crippen LogP) is 0.827. The lowest BCUT2D eigenvalue weighted by molar-refractivity contribution is 0.707. The maximum atomic E-state index is 10.9. The van der Waals surface area contributed by atoms with E-state index in [0.717, 1.165) is 0 Å². The van der Waals surface area contributed by atoms with Gasteiger partial charge in [0.05, 0.1) is 11.2 Å². The van der Waals surface area contributed by atoms with Crippen LogP contribution in [0.15, 0.2) is 17.2 Å². The summed E-state index contributed by atoms with van der Waals surface area (Å²) in [5.41, 5.74) is -0.288. The smallest absolute Gasteiger partial charge is 0.297 e. The van der Waals surface area contributed by atoms with Gasteiger partial charge in [-0.25, -0.2) is 9.78 Å². The molecule has 1 aromatic heterocycles. The van der Waals surface area contributed by atoms with Gasteiger partial charge in [0, 0.05) is 18.5 Å². The van der Waals surface area contributed by atoms with E-state index in [1.807, 2.05) is 0 Å². The van der Waals surface area contributed by atoms with Crippen LogP contribution in [0.3, 0.4) is 0 Å². The molecule has 1 rings (SSSR count). The van der Waals surface area contributed by atoms with Crippen LogP contribution in [0.1, 0.15) is 0 Å².